The molecule has 1 amide bonds. The van der Waals surface area contributed by atoms with Gasteiger partial charge in [-0.1, -0.05) is 34.1 Å². The molecule has 0 atom stereocenters. The Balaban J connectivity index is 1.89. The molecule has 27 heavy (non-hydrogen) atoms. The van der Waals surface area contributed by atoms with Gasteiger partial charge in [-0.2, -0.15) is 0 Å². The quantitative estimate of drug-likeness (QED) is 0.559. The van der Waals surface area contributed by atoms with Crippen molar-refractivity contribution in [3.05, 3.63) is 63.6 Å². The number of benzene rings is 2. The Morgan fingerprint density at radius 3 is 2.67 bits per heavy atom. The highest BCUT2D eigenvalue weighted by Gasteiger charge is 2.22. The fraction of sp³-hybridized carbons (Fsp3) is 0.200. The number of anilines is 1. The summed E-state index contributed by atoms with van der Waals surface area (Å²) in [6.07, 6.45) is 2.08. The van der Waals surface area contributed by atoms with Gasteiger partial charge < -0.3 is 11.5 Å². The van der Waals surface area contributed by atoms with E-state index in [9.17, 15) is 4.79 Å². The number of aliphatic imine (C=N–C) groups is 1. The Labute approximate surface area is 166 Å². The summed E-state index contributed by atoms with van der Waals surface area (Å²) in [6, 6.07) is 13.0. The van der Waals surface area contributed by atoms with E-state index in [-0.39, 0.29) is 12.3 Å². The van der Waals surface area contributed by atoms with E-state index in [1.54, 1.807) is 12.1 Å². The van der Waals surface area contributed by atoms with Crippen molar-refractivity contribution in [3.63, 3.8) is 0 Å². The average molecular weight is 429 g/mol. The molecule has 4 N–H and O–H groups in total. The molecular weight excluding hydrogens is 408 g/mol. The summed E-state index contributed by atoms with van der Waals surface area (Å²) < 4.78 is 0.903. The third-order valence-electron chi connectivity index (χ3n) is 4.05. The van der Waals surface area contributed by atoms with Crippen molar-refractivity contribution in [2.24, 2.45) is 10.7 Å². The molecule has 1 aliphatic heterocycles. The molecule has 140 valence electrons. The van der Waals surface area contributed by atoms with E-state index in [4.69, 9.17) is 16.3 Å². The Hall–Kier alpha value is -2.64. The van der Waals surface area contributed by atoms with Crippen LogP contribution in [0.2, 0.25) is 0 Å². The fourth-order valence-electron chi connectivity index (χ4n) is 2.78. The Morgan fingerprint density at radius 1 is 1.22 bits per heavy atom. The number of carbonyl (C=O) groups is 1. The second kappa shape index (κ2) is 8.37. The smallest absolute Gasteiger partial charge is 0.274 e. The first-order chi connectivity index (χ1) is 13.0. The van der Waals surface area contributed by atoms with Crippen molar-refractivity contribution in [2.45, 2.75) is 19.9 Å². The minimum Gasteiger partial charge on any atom is -0.399 e. The highest BCUT2D eigenvalue weighted by Crippen LogP contribution is 2.30. The maximum Gasteiger partial charge on any atom is 0.274 e. The van der Waals surface area contributed by atoms with Crippen LogP contribution in [0.3, 0.4) is 0 Å². The van der Waals surface area contributed by atoms with Crippen molar-refractivity contribution in [1.29, 1.82) is 0 Å². The number of carbonyl (C=O) groups excluding carboxylic acids is 1. The number of nitrogen functional groups attached to an aromatic ring is 1. The highest BCUT2D eigenvalue weighted by atomic mass is 79.9. The number of rotatable bonds is 5. The summed E-state index contributed by atoms with van der Waals surface area (Å²) in [7, 11) is 0. The lowest BCUT2D eigenvalue weighted by atomic mass is 10.1. The number of nitrogens with zero attached hydrogens (tertiary/aromatic N) is 2. The molecule has 7 heteroatoms. The van der Waals surface area contributed by atoms with E-state index < -0.39 is 0 Å². The monoisotopic (exact) mass is 428 g/mol. The number of hydroxylamine groups is 2. The molecule has 6 nitrogen and oxygen atoms in total. The summed E-state index contributed by atoms with van der Waals surface area (Å²) in [5, 5.41) is 1.36. The summed E-state index contributed by atoms with van der Waals surface area (Å²) in [5.41, 5.74) is 15.5. The molecule has 0 aliphatic carbocycles. The van der Waals surface area contributed by atoms with Gasteiger partial charge in [0.05, 0.1) is 18.8 Å². The first-order valence-electron chi connectivity index (χ1n) is 8.58. The molecule has 0 saturated heterocycles. The van der Waals surface area contributed by atoms with Gasteiger partial charge in [-0.3, -0.25) is 9.63 Å². The number of amides is 1. The molecule has 0 unspecified atom stereocenters. The van der Waals surface area contributed by atoms with Crippen molar-refractivity contribution >= 4 is 45.1 Å². The lowest BCUT2D eigenvalue weighted by Crippen LogP contribution is -2.33. The molecule has 1 aliphatic rings. The lowest BCUT2D eigenvalue weighted by Gasteiger charge is -2.22. The van der Waals surface area contributed by atoms with Crippen LogP contribution in [0.1, 0.15) is 24.5 Å². The Kier molecular flexibility index (Phi) is 5.93. The largest absolute Gasteiger partial charge is 0.399 e. The predicted octanol–water partition coefficient (Wildman–Crippen LogP) is 3.79. The average Bonchev–Trinajstić information content (AvgIpc) is 2.80. The molecule has 0 radical (unpaired) electrons. The molecule has 0 bridgehead atoms. The van der Waals surface area contributed by atoms with Crippen LogP contribution in [0, 0.1) is 0 Å². The highest BCUT2D eigenvalue weighted by molar-refractivity contribution is 9.10. The molecule has 0 spiro atoms. The van der Waals surface area contributed by atoms with Gasteiger partial charge in [0.1, 0.15) is 5.84 Å². The minimum absolute atomic E-state index is 0.234. The van der Waals surface area contributed by atoms with Crippen LogP contribution >= 0.6 is 15.9 Å². The minimum atomic E-state index is -0.234. The van der Waals surface area contributed by atoms with Crippen molar-refractivity contribution in [1.82, 2.24) is 5.06 Å². The van der Waals surface area contributed by atoms with Crippen LogP contribution in [0.4, 0.5) is 11.4 Å². The van der Waals surface area contributed by atoms with E-state index in [0.717, 1.165) is 21.3 Å². The van der Waals surface area contributed by atoms with E-state index in [0.29, 0.717) is 30.2 Å². The normalized spacial score (nSPS) is 13.3. The van der Waals surface area contributed by atoms with E-state index in [1.807, 2.05) is 43.3 Å². The number of fused-ring (bicyclic) bond motifs is 1. The van der Waals surface area contributed by atoms with Gasteiger partial charge >= 0.3 is 0 Å². The van der Waals surface area contributed by atoms with Gasteiger partial charge in [-0.25, -0.2) is 10.1 Å². The van der Waals surface area contributed by atoms with Crippen molar-refractivity contribution in [3.8, 4) is 0 Å². The number of hydrogen-bond acceptors (Lipinski definition) is 5. The van der Waals surface area contributed by atoms with E-state index >= 15 is 0 Å². The third-order valence-corrected chi connectivity index (χ3v) is 4.54. The van der Waals surface area contributed by atoms with E-state index in [2.05, 4.69) is 20.9 Å². The molecule has 2 aromatic rings. The van der Waals surface area contributed by atoms with Gasteiger partial charge in [-0.15, -0.1) is 0 Å². The van der Waals surface area contributed by atoms with Crippen LogP contribution in [0.5, 0.6) is 0 Å². The lowest BCUT2D eigenvalue weighted by molar-refractivity contribution is -0.184. The number of amidine groups is 1. The van der Waals surface area contributed by atoms with Gasteiger partial charge in [0, 0.05) is 27.7 Å². The number of nitrogens with two attached hydrogens (primary N) is 2. The maximum atomic E-state index is 13.1. The van der Waals surface area contributed by atoms with Crippen LogP contribution < -0.4 is 11.5 Å². The fourth-order valence-corrected chi connectivity index (χ4v) is 3.13. The Morgan fingerprint density at radius 2 is 1.96 bits per heavy atom. The van der Waals surface area contributed by atoms with Crippen LogP contribution in [-0.4, -0.2) is 23.4 Å². The summed E-state index contributed by atoms with van der Waals surface area (Å²) >= 11 is 3.43. The van der Waals surface area contributed by atoms with Gasteiger partial charge in [0.15, 0.2) is 0 Å². The Bertz CT molecular complexity index is 907. The van der Waals surface area contributed by atoms with Gasteiger partial charge in [0.2, 0.25) is 0 Å². The van der Waals surface area contributed by atoms with Gasteiger partial charge in [0.25, 0.3) is 5.91 Å². The molecular formula is C20H21BrN4O2. The first-order valence-corrected chi connectivity index (χ1v) is 9.38. The summed E-state index contributed by atoms with van der Waals surface area (Å²) in [4.78, 5) is 23.1. The molecule has 3 rings (SSSR count). The van der Waals surface area contributed by atoms with Crippen LogP contribution in [0.15, 0.2) is 57.5 Å². The maximum absolute atomic E-state index is 13.1. The third kappa shape index (κ3) is 4.75. The summed E-state index contributed by atoms with van der Waals surface area (Å²) in [6.45, 7) is 2.53. The van der Waals surface area contributed by atoms with Crippen LogP contribution in [-0.2, 0) is 16.2 Å². The number of hydrogen-bond donors (Lipinski definition) is 2. The zero-order chi connectivity index (χ0) is 19.4. The molecule has 2 aromatic carbocycles. The zero-order valence-electron chi connectivity index (χ0n) is 15.0. The molecule has 0 saturated carbocycles. The zero-order valence-corrected chi connectivity index (χ0v) is 16.6. The second-order valence-corrected chi connectivity index (χ2v) is 7.07. The molecule has 1 heterocycles. The van der Waals surface area contributed by atoms with Crippen LogP contribution in [0.25, 0.3) is 6.08 Å². The van der Waals surface area contributed by atoms with E-state index in [1.165, 1.54) is 5.06 Å². The SMILES string of the molecule is CCON(Cc1ccc(N)cc1)C(=O)C1=Cc2ccc(Br)cc2N=C(N)C1. The second-order valence-electron chi connectivity index (χ2n) is 6.15. The van der Waals surface area contributed by atoms with Crippen molar-refractivity contribution in [2.75, 3.05) is 12.3 Å². The molecule has 0 fully saturated rings. The number of halogens is 1. The molecule has 0 aromatic heterocycles. The van der Waals surface area contributed by atoms with Gasteiger partial charge in [-0.05, 0) is 42.8 Å². The first kappa shape index (κ1) is 19.1. The predicted molar refractivity (Wildman–Crippen MR) is 111 cm³/mol. The standard InChI is InChI=1S/C20H21BrN4O2/c1-2-27-25(12-13-3-7-17(22)8-4-13)20(26)15-9-14-5-6-16(21)11-18(14)24-19(23)10-15/h3-9,11H,2,10,12,22H2,1H3,(H2,23,24). The van der Waals surface area contributed by atoms with Crippen molar-refractivity contribution < 1.29 is 9.63 Å². The topological polar surface area (TPSA) is 93.9 Å². The summed E-state index contributed by atoms with van der Waals surface area (Å²) in [5.74, 6) is 0.151.